The molecule has 0 amide bonds. The smallest absolute Gasteiger partial charge is 0.310 e. The summed E-state index contributed by atoms with van der Waals surface area (Å²) in [6, 6.07) is 2.50. The number of hydrogen-bond acceptors (Lipinski definition) is 4. The zero-order chi connectivity index (χ0) is 13.0. The van der Waals surface area contributed by atoms with E-state index in [-0.39, 0.29) is 18.6 Å². The lowest BCUT2D eigenvalue weighted by Crippen LogP contribution is -2.11. The van der Waals surface area contributed by atoms with Crippen molar-refractivity contribution in [3.8, 4) is 0 Å². The highest BCUT2D eigenvalue weighted by atomic mass is 19.1. The monoisotopic (exact) mass is 241 g/mol. The number of carbonyl (C=O) groups excluding carboxylic acids is 1. The Bertz CT molecular complexity index is 459. The molecular formula is C11H12FNO4. The van der Waals surface area contributed by atoms with Crippen molar-refractivity contribution in [3.05, 3.63) is 39.2 Å². The number of nitro groups is 1. The summed E-state index contributed by atoms with van der Waals surface area (Å²) in [6.07, 6.45) is -0.298. The normalized spacial score (nSPS) is 10.1. The lowest BCUT2D eigenvalue weighted by molar-refractivity contribution is -0.387. The summed E-state index contributed by atoms with van der Waals surface area (Å²) in [4.78, 5) is 21.0. The number of halogens is 1. The summed E-state index contributed by atoms with van der Waals surface area (Å²) in [7, 11) is 0. The van der Waals surface area contributed by atoms with Crippen LogP contribution in [0.15, 0.2) is 12.1 Å². The molecular weight excluding hydrogens is 229 g/mol. The van der Waals surface area contributed by atoms with Gasteiger partial charge in [-0.15, -0.1) is 0 Å². The Morgan fingerprint density at radius 3 is 2.71 bits per heavy atom. The van der Waals surface area contributed by atoms with E-state index in [1.165, 1.54) is 6.07 Å². The number of ether oxygens (including phenoxy) is 1. The van der Waals surface area contributed by atoms with Crippen LogP contribution in [0.1, 0.15) is 18.1 Å². The van der Waals surface area contributed by atoms with Crippen LogP contribution in [0.25, 0.3) is 0 Å². The maximum atomic E-state index is 13.7. The molecule has 0 heterocycles. The molecule has 0 aliphatic heterocycles. The van der Waals surface area contributed by atoms with Crippen molar-refractivity contribution in [2.45, 2.75) is 20.3 Å². The van der Waals surface area contributed by atoms with Gasteiger partial charge in [0.25, 0.3) is 0 Å². The third-order valence-corrected chi connectivity index (χ3v) is 2.28. The minimum atomic E-state index is -0.969. The molecule has 5 nitrogen and oxygen atoms in total. The summed E-state index contributed by atoms with van der Waals surface area (Å²) in [5.74, 6) is -1.57. The van der Waals surface area contributed by atoms with Gasteiger partial charge in [-0.25, -0.2) is 0 Å². The summed E-state index contributed by atoms with van der Waals surface area (Å²) in [6.45, 7) is 3.41. The molecule has 1 rings (SSSR count). The Hall–Kier alpha value is -1.98. The van der Waals surface area contributed by atoms with Gasteiger partial charge in [0, 0.05) is 11.6 Å². The van der Waals surface area contributed by atoms with Crippen molar-refractivity contribution in [2.75, 3.05) is 6.61 Å². The third-order valence-electron chi connectivity index (χ3n) is 2.28. The molecule has 17 heavy (non-hydrogen) atoms. The fourth-order valence-corrected chi connectivity index (χ4v) is 1.42. The molecule has 0 fully saturated rings. The Morgan fingerprint density at radius 1 is 1.53 bits per heavy atom. The van der Waals surface area contributed by atoms with E-state index < -0.39 is 22.4 Å². The van der Waals surface area contributed by atoms with Crippen LogP contribution in [0.4, 0.5) is 10.1 Å². The SMILES string of the molecule is CCOC(=O)Cc1c(C)ccc([N+](=O)[O-])c1F. The number of aryl methyl sites for hydroxylation is 1. The lowest BCUT2D eigenvalue weighted by atomic mass is 10.0. The van der Waals surface area contributed by atoms with Crippen LogP contribution in [0.3, 0.4) is 0 Å². The second-order valence-electron chi connectivity index (χ2n) is 3.43. The largest absolute Gasteiger partial charge is 0.466 e. The molecule has 0 aliphatic rings. The molecule has 6 heteroatoms. The van der Waals surface area contributed by atoms with Gasteiger partial charge in [-0.2, -0.15) is 4.39 Å². The van der Waals surface area contributed by atoms with Gasteiger partial charge < -0.3 is 4.74 Å². The molecule has 1 aromatic carbocycles. The fourth-order valence-electron chi connectivity index (χ4n) is 1.42. The second-order valence-corrected chi connectivity index (χ2v) is 3.43. The van der Waals surface area contributed by atoms with Crippen LogP contribution in [-0.2, 0) is 16.0 Å². The Labute approximate surface area is 97.3 Å². The van der Waals surface area contributed by atoms with Gasteiger partial charge >= 0.3 is 11.7 Å². The predicted octanol–water partition coefficient (Wildman–Crippen LogP) is 2.15. The molecule has 0 spiro atoms. The maximum absolute atomic E-state index is 13.7. The van der Waals surface area contributed by atoms with Gasteiger partial charge in [0.05, 0.1) is 18.0 Å². The number of rotatable bonds is 4. The molecule has 0 saturated heterocycles. The van der Waals surface area contributed by atoms with Gasteiger partial charge in [0.15, 0.2) is 0 Å². The van der Waals surface area contributed by atoms with E-state index in [0.29, 0.717) is 5.56 Å². The van der Waals surface area contributed by atoms with Crippen molar-refractivity contribution in [2.24, 2.45) is 0 Å². The summed E-state index contributed by atoms with van der Waals surface area (Å²) in [5.41, 5.74) is -0.131. The number of carbonyl (C=O) groups is 1. The molecule has 0 aliphatic carbocycles. The first kappa shape index (κ1) is 13.1. The highest BCUT2D eigenvalue weighted by molar-refractivity contribution is 5.73. The van der Waals surface area contributed by atoms with Gasteiger partial charge in [0.2, 0.25) is 5.82 Å². The zero-order valence-corrected chi connectivity index (χ0v) is 9.53. The van der Waals surface area contributed by atoms with E-state index in [2.05, 4.69) is 4.74 Å². The lowest BCUT2D eigenvalue weighted by Gasteiger charge is -2.07. The van der Waals surface area contributed by atoms with Crippen LogP contribution in [0, 0.1) is 22.9 Å². The molecule has 0 atom stereocenters. The van der Waals surface area contributed by atoms with Crippen molar-refractivity contribution >= 4 is 11.7 Å². The molecule has 0 aromatic heterocycles. The molecule has 0 N–H and O–H groups in total. The van der Waals surface area contributed by atoms with Gasteiger partial charge in [-0.05, 0) is 19.4 Å². The first-order valence-electron chi connectivity index (χ1n) is 5.05. The maximum Gasteiger partial charge on any atom is 0.310 e. The number of nitro benzene ring substituents is 1. The van der Waals surface area contributed by atoms with E-state index in [4.69, 9.17) is 0 Å². The highest BCUT2D eigenvalue weighted by Crippen LogP contribution is 2.24. The minimum absolute atomic E-state index is 0.0117. The predicted molar refractivity (Wildman–Crippen MR) is 58.1 cm³/mol. The highest BCUT2D eigenvalue weighted by Gasteiger charge is 2.21. The van der Waals surface area contributed by atoms with E-state index in [9.17, 15) is 19.3 Å². The zero-order valence-electron chi connectivity index (χ0n) is 9.53. The van der Waals surface area contributed by atoms with E-state index in [1.54, 1.807) is 13.8 Å². The number of esters is 1. The topological polar surface area (TPSA) is 69.4 Å². The first-order chi connectivity index (χ1) is 7.97. The number of nitrogens with zero attached hydrogens (tertiary/aromatic N) is 1. The third kappa shape index (κ3) is 2.99. The van der Waals surface area contributed by atoms with Crippen LogP contribution in [0.5, 0.6) is 0 Å². The first-order valence-corrected chi connectivity index (χ1v) is 5.05. The molecule has 1 aromatic rings. The van der Waals surface area contributed by atoms with Crippen molar-refractivity contribution in [1.82, 2.24) is 0 Å². The molecule has 0 unspecified atom stereocenters. The average molecular weight is 241 g/mol. The van der Waals surface area contributed by atoms with Crippen molar-refractivity contribution < 1.29 is 18.8 Å². The summed E-state index contributed by atoms with van der Waals surface area (Å²) >= 11 is 0. The van der Waals surface area contributed by atoms with Gasteiger partial charge in [-0.3, -0.25) is 14.9 Å². The Balaban J connectivity index is 3.09. The molecule has 0 radical (unpaired) electrons. The number of hydrogen-bond donors (Lipinski definition) is 0. The molecule has 0 bridgehead atoms. The Kier molecular flexibility index (Phi) is 4.14. The van der Waals surface area contributed by atoms with E-state index >= 15 is 0 Å². The number of benzene rings is 1. The van der Waals surface area contributed by atoms with Crippen LogP contribution in [0.2, 0.25) is 0 Å². The molecule has 92 valence electrons. The van der Waals surface area contributed by atoms with Crippen LogP contribution in [-0.4, -0.2) is 17.5 Å². The standard InChI is InChI=1S/C11H12FNO4/c1-3-17-10(14)6-8-7(2)4-5-9(11(8)12)13(15)16/h4-5H,3,6H2,1-2H3. The second kappa shape index (κ2) is 5.38. The minimum Gasteiger partial charge on any atom is -0.466 e. The summed E-state index contributed by atoms with van der Waals surface area (Å²) < 4.78 is 18.4. The van der Waals surface area contributed by atoms with Crippen LogP contribution >= 0.6 is 0 Å². The molecule has 0 saturated carbocycles. The quantitative estimate of drug-likeness (QED) is 0.460. The fraction of sp³-hybridized carbons (Fsp3) is 0.364. The van der Waals surface area contributed by atoms with Crippen molar-refractivity contribution in [1.29, 1.82) is 0 Å². The van der Waals surface area contributed by atoms with E-state index in [0.717, 1.165) is 6.07 Å². The van der Waals surface area contributed by atoms with Crippen LogP contribution < -0.4 is 0 Å². The van der Waals surface area contributed by atoms with E-state index in [1.807, 2.05) is 0 Å². The average Bonchev–Trinajstić information content (AvgIpc) is 2.24. The van der Waals surface area contributed by atoms with Gasteiger partial charge in [0.1, 0.15) is 0 Å². The van der Waals surface area contributed by atoms with Gasteiger partial charge in [-0.1, -0.05) is 6.07 Å². The van der Waals surface area contributed by atoms with Crippen molar-refractivity contribution in [3.63, 3.8) is 0 Å². The summed E-state index contributed by atoms with van der Waals surface area (Å²) in [5, 5.41) is 10.5. The Morgan fingerprint density at radius 2 is 2.18 bits per heavy atom.